The summed E-state index contributed by atoms with van der Waals surface area (Å²) in [4.78, 5) is 32.2. The van der Waals surface area contributed by atoms with Crippen LogP contribution in [0.15, 0.2) is 23.3 Å². The number of rotatable bonds is 5. The first-order valence-electron chi connectivity index (χ1n) is 9.15. The molecule has 1 N–H and O–H groups in total. The number of amides is 1. The summed E-state index contributed by atoms with van der Waals surface area (Å²) in [5.41, 5.74) is 0.970. The quantitative estimate of drug-likeness (QED) is 0.903. The number of nitrogens with zero attached hydrogens (tertiary/aromatic N) is 3. The number of hydrogen-bond acceptors (Lipinski definition) is 3. The van der Waals surface area contributed by atoms with Crippen LogP contribution in [0.25, 0.3) is 10.9 Å². The van der Waals surface area contributed by atoms with E-state index >= 15 is 0 Å². The summed E-state index contributed by atoms with van der Waals surface area (Å²) in [7, 11) is 3.54. The Morgan fingerprint density at radius 3 is 2.76 bits per heavy atom. The number of likely N-dealkylation sites (tertiary alicyclic amines) is 1. The van der Waals surface area contributed by atoms with Crippen molar-refractivity contribution in [2.45, 2.75) is 26.2 Å². The lowest BCUT2D eigenvalue weighted by molar-refractivity contribution is 0.0779. The molecule has 1 aliphatic rings. The van der Waals surface area contributed by atoms with Gasteiger partial charge >= 0.3 is 0 Å². The van der Waals surface area contributed by atoms with Crippen molar-refractivity contribution in [1.82, 2.24) is 19.4 Å². The predicted molar refractivity (Wildman–Crippen MR) is 100.0 cm³/mol. The van der Waals surface area contributed by atoms with Crippen molar-refractivity contribution >= 4 is 16.8 Å². The van der Waals surface area contributed by atoms with Gasteiger partial charge in [-0.3, -0.25) is 9.59 Å². The molecular formula is C19H28N4O2. The summed E-state index contributed by atoms with van der Waals surface area (Å²) in [6, 6.07) is 1.80. The van der Waals surface area contributed by atoms with Gasteiger partial charge in [0.2, 0.25) is 0 Å². The number of aryl methyl sites for hydroxylation is 1. The van der Waals surface area contributed by atoms with Gasteiger partial charge in [0.05, 0.1) is 5.56 Å². The van der Waals surface area contributed by atoms with Crippen LogP contribution in [0.2, 0.25) is 0 Å². The number of nitrogens with one attached hydrogen (secondary N) is 1. The molecule has 25 heavy (non-hydrogen) atoms. The fourth-order valence-electron chi connectivity index (χ4n) is 3.71. The summed E-state index contributed by atoms with van der Waals surface area (Å²) in [5, 5.41) is 0.705. The first-order valence-corrected chi connectivity index (χ1v) is 9.15. The van der Waals surface area contributed by atoms with Crippen LogP contribution in [0.5, 0.6) is 0 Å². The minimum absolute atomic E-state index is 0.0220. The highest BCUT2D eigenvalue weighted by atomic mass is 16.2. The highest BCUT2D eigenvalue weighted by Gasteiger charge is 2.21. The van der Waals surface area contributed by atoms with E-state index in [1.165, 1.54) is 30.5 Å². The zero-order valence-electron chi connectivity index (χ0n) is 15.4. The standard InChI is InChI=1S/C19H28N4O2/c1-4-23-11-7-14(8-12-23)6-10-21(2)18(24)16-13-22(3)19(25)17-15(16)5-9-20-17/h5,9,13-14,20H,4,6-8,10-12H2,1-3H3. The van der Waals surface area contributed by atoms with Gasteiger partial charge in [0, 0.05) is 38.4 Å². The lowest BCUT2D eigenvalue weighted by atomic mass is 9.93. The van der Waals surface area contributed by atoms with Gasteiger partial charge < -0.3 is 19.4 Å². The van der Waals surface area contributed by atoms with Crippen LogP contribution in [0.4, 0.5) is 0 Å². The SMILES string of the molecule is CCN1CCC(CCN(C)C(=O)c2cn(C)c(=O)c3[nH]ccc23)CC1. The molecule has 0 radical (unpaired) electrons. The Morgan fingerprint density at radius 1 is 1.36 bits per heavy atom. The minimum atomic E-state index is -0.109. The van der Waals surface area contributed by atoms with Crippen molar-refractivity contribution in [2.24, 2.45) is 13.0 Å². The average Bonchev–Trinajstić information content (AvgIpc) is 3.12. The van der Waals surface area contributed by atoms with Crippen molar-refractivity contribution in [3.63, 3.8) is 0 Å². The fourth-order valence-corrected chi connectivity index (χ4v) is 3.71. The van der Waals surface area contributed by atoms with Crippen molar-refractivity contribution in [3.05, 3.63) is 34.4 Å². The second-order valence-electron chi connectivity index (χ2n) is 7.12. The van der Waals surface area contributed by atoms with Crippen LogP contribution in [0.1, 0.15) is 36.5 Å². The maximum absolute atomic E-state index is 12.9. The third-order valence-electron chi connectivity index (χ3n) is 5.50. The number of fused-ring (bicyclic) bond motifs is 1. The van der Waals surface area contributed by atoms with E-state index in [9.17, 15) is 9.59 Å². The zero-order valence-corrected chi connectivity index (χ0v) is 15.4. The summed E-state index contributed by atoms with van der Waals surface area (Å²) in [5.74, 6) is 0.677. The van der Waals surface area contributed by atoms with Crippen LogP contribution in [0.3, 0.4) is 0 Å². The molecule has 0 aliphatic carbocycles. The molecule has 6 nitrogen and oxygen atoms in total. The molecule has 0 aromatic carbocycles. The number of aromatic amines is 1. The van der Waals surface area contributed by atoms with Crippen molar-refractivity contribution in [3.8, 4) is 0 Å². The van der Waals surface area contributed by atoms with Crippen LogP contribution in [0, 0.1) is 5.92 Å². The molecular weight excluding hydrogens is 316 g/mol. The Bertz CT molecular complexity index is 799. The van der Waals surface area contributed by atoms with Crippen molar-refractivity contribution in [2.75, 3.05) is 33.2 Å². The van der Waals surface area contributed by atoms with Crippen LogP contribution in [-0.2, 0) is 7.05 Å². The van der Waals surface area contributed by atoms with E-state index in [1.807, 2.05) is 7.05 Å². The number of pyridine rings is 1. The Hall–Kier alpha value is -2.08. The molecule has 3 rings (SSSR count). The van der Waals surface area contributed by atoms with Gasteiger partial charge in [0.25, 0.3) is 11.5 Å². The molecule has 2 aromatic heterocycles. The van der Waals surface area contributed by atoms with Gasteiger partial charge in [-0.25, -0.2) is 0 Å². The van der Waals surface area contributed by atoms with E-state index in [0.717, 1.165) is 19.5 Å². The third-order valence-corrected chi connectivity index (χ3v) is 5.50. The second-order valence-corrected chi connectivity index (χ2v) is 7.12. The molecule has 0 saturated carbocycles. The fraction of sp³-hybridized carbons (Fsp3) is 0.579. The Morgan fingerprint density at radius 2 is 2.08 bits per heavy atom. The molecule has 0 unspecified atom stereocenters. The zero-order chi connectivity index (χ0) is 18.0. The summed E-state index contributed by atoms with van der Waals surface area (Å²) < 4.78 is 1.47. The van der Waals surface area contributed by atoms with Crippen molar-refractivity contribution < 1.29 is 4.79 Å². The van der Waals surface area contributed by atoms with E-state index in [2.05, 4.69) is 16.8 Å². The highest BCUT2D eigenvalue weighted by Crippen LogP contribution is 2.21. The normalized spacial score (nSPS) is 16.4. The molecule has 3 heterocycles. The molecule has 1 fully saturated rings. The lowest BCUT2D eigenvalue weighted by Crippen LogP contribution is -2.35. The molecule has 1 amide bonds. The topological polar surface area (TPSA) is 61.3 Å². The monoisotopic (exact) mass is 344 g/mol. The van der Waals surface area contributed by atoms with Gasteiger partial charge in [-0.15, -0.1) is 0 Å². The van der Waals surface area contributed by atoms with Gasteiger partial charge in [0.1, 0.15) is 5.52 Å². The van der Waals surface area contributed by atoms with Crippen LogP contribution >= 0.6 is 0 Å². The predicted octanol–water partition coefficient (Wildman–Crippen LogP) is 2.06. The van der Waals surface area contributed by atoms with E-state index in [4.69, 9.17) is 0 Å². The number of carbonyl (C=O) groups is 1. The molecule has 0 bridgehead atoms. The number of H-pyrrole nitrogens is 1. The summed E-state index contributed by atoms with van der Waals surface area (Å²) in [6.45, 7) is 6.43. The molecule has 136 valence electrons. The smallest absolute Gasteiger partial charge is 0.274 e. The highest BCUT2D eigenvalue weighted by molar-refractivity contribution is 6.05. The molecule has 2 aromatic rings. The Balaban J connectivity index is 1.66. The van der Waals surface area contributed by atoms with Gasteiger partial charge in [-0.1, -0.05) is 6.92 Å². The second kappa shape index (κ2) is 7.44. The van der Waals surface area contributed by atoms with E-state index in [-0.39, 0.29) is 11.5 Å². The van der Waals surface area contributed by atoms with Gasteiger partial charge in [0.15, 0.2) is 0 Å². The van der Waals surface area contributed by atoms with Crippen LogP contribution in [-0.4, -0.2) is 58.5 Å². The van der Waals surface area contributed by atoms with Crippen LogP contribution < -0.4 is 5.56 Å². The molecule has 0 spiro atoms. The third kappa shape index (κ3) is 3.63. The van der Waals surface area contributed by atoms with E-state index in [0.29, 0.717) is 22.4 Å². The summed E-state index contributed by atoms with van der Waals surface area (Å²) >= 11 is 0. The maximum Gasteiger partial charge on any atom is 0.274 e. The first kappa shape index (κ1) is 17.7. The molecule has 6 heteroatoms. The van der Waals surface area contributed by atoms with Gasteiger partial charge in [-0.05, 0) is 50.9 Å². The number of carbonyl (C=O) groups excluding carboxylic acids is 1. The molecule has 1 aliphatic heterocycles. The van der Waals surface area contributed by atoms with Gasteiger partial charge in [-0.2, -0.15) is 0 Å². The first-order chi connectivity index (χ1) is 12.0. The number of hydrogen-bond donors (Lipinski definition) is 1. The van der Waals surface area contributed by atoms with Crippen molar-refractivity contribution in [1.29, 1.82) is 0 Å². The minimum Gasteiger partial charge on any atom is -0.357 e. The molecule has 0 atom stereocenters. The van der Waals surface area contributed by atoms with E-state index < -0.39 is 0 Å². The Labute approximate surface area is 148 Å². The summed E-state index contributed by atoms with van der Waals surface area (Å²) in [6.07, 6.45) is 6.85. The van der Waals surface area contributed by atoms with E-state index in [1.54, 1.807) is 30.4 Å². The average molecular weight is 344 g/mol. The number of piperidine rings is 1. The molecule has 1 saturated heterocycles. The number of aromatic nitrogens is 2. The lowest BCUT2D eigenvalue weighted by Gasteiger charge is -2.31. The largest absolute Gasteiger partial charge is 0.357 e. The maximum atomic E-state index is 12.9. The Kier molecular flexibility index (Phi) is 5.27.